The number of ether oxygens (including phenoxy) is 1. The molecular formula is C22H21N6OS. The minimum atomic E-state index is 0.128. The van der Waals surface area contributed by atoms with E-state index in [9.17, 15) is 0 Å². The number of rotatable bonds is 3. The van der Waals surface area contributed by atoms with Crippen LogP contribution in [0.3, 0.4) is 0 Å². The lowest BCUT2D eigenvalue weighted by atomic mass is 10.1. The van der Waals surface area contributed by atoms with E-state index >= 15 is 0 Å². The molecule has 2 aromatic carbocycles. The molecule has 0 N–H and O–H groups in total. The topological polar surface area (TPSA) is 59.3 Å². The van der Waals surface area contributed by atoms with E-state index in [4.69, 9.17) is 9.72 Å². The molecule has 30 heavy (non-hydrogen) atoms. The summed E-state index contributed by atoms with van der Waals surface area (Å²) in [4.78, 5) is 11.3. The summed E-state index contributed by atoms with van der Waals surface area (Å²) in [5, 5.41) is 9.73. The van der Waals surface area contributed by atoms with Crippen molar-refractivity contribution < 1.29 is 4.74 Å². The molecule has 151 valence electrons. The molecule has 2 bridgehead atoms. The molecule has 6 rings (SSSR count). The van der Waals surface area contributed by atoms with Crippen LogP contribution in [0.25, 0.3) is 15.9 Å². The molecule has 0 aliphatic carbocycles. The highest BCUT2D eigenvalue weighted by Crippen LogP contribution is 2.34. The van der Waals surface area contributed by atoms with Crippen LogP contribution in [0.4, 0.5) is 10.8 Å². The Kier molecular flexibility index (Phi) is 4.21. The molecule has 0 spiro atoms. The molecule has 4 heterocycles. The van der Waals surface area contributed by atoms with Gasteiger partial charge in [-0.25, -0.2) is 4.98 Å². The zero-order valence-corrected chi connectivity index (χ0v) is 17.4. The minimum absolute atomic E-state index is 0.128. The van der Waals surface area contributed by atoms with E-state index in [0.29, 0.717) is 0 Å². The highest BCUT2D eigenvalue weighted by atomic mass is 32.1. The van der Waals surface area contributed by atoms with E-state index in [2.05, 4.69) is 57.3 Å². The second-order valence-corrected chi connectivity index (χ2v) is 8.89. The summed E-state index contributed by atoms with van der Waals surface area (Å²) in [6.07, 6.45) is 3.65. The van der Waals surface area contributed by atoms with Crippen molar-refractivity contribution in [3.05, 3.63) is 60.4 Å². The average molecular weight is 418 g/mol. The third kappa shape index (κ3) is 3.12. The van der Waals surface area contributed by atoms with Crippen LogP contribution in [0.1, 0.15) is 5.56 Å². The molecule has 2 fully saturated rings. The lowest BCUT2D eigenvalue weighted by molar-refractivity contribution is -0.0379. The molecular weight excluding hydrogens is 396 g/mol. The molecule has 4 aromatic rings. The van der Waals surface area contributed by atoms with Crippen LogP contribution >= 0.6 is 11.3 Å². The van der Waals surface area contributed by atoms with E-state index in [-0.39, 0.29) is 12.2 Å². The number of hydrogen-bond donors (Lipinski definition) is 0. The SMILES string of the molecule is Cc1c[c]c(-n2nccn2)c(N2CC3CN(c4nc5ccccc5s4)CC(C2)O3)c1. The van der Waals surface area contributed by atoms with Gasteiger partial charge in [0.2, 0.25) is 0 Å². The van der Waals surface area contributed by atoms with Crippen LogP contribution in [0.2, 0.25) is 0 Å². The average Bonchev–Trinajstić information content (AvgIpc) is 3.43. The highest BCUT2D eigenvalue weighted by molar-refractivity contribution is 7.22. The van der Waals surface area contributed by atoms with Crippen LogP contribution in [0.15, 0.2) is 48.8 Å². The first-order chi connectivity index (χ1) is 14.7. The number of aromatic nitrogens is 4. The van der Waals surface area contributed by atoms with Crippen LogP contribution in [0, 0.1) is 13.0 Å². The van der Waals surface area contributed by atoms with Gasteiger partial charge in [-0.15, -0.1) is 4.80 Å². The zero-order chi connectivity index (χ0) is 20.1. The molecule has 2 unspecified atom stereocenters. The Bertz CT molecular complexity index is 1140. The van der Waals surface area contributed by atoms with Gasteiger partial charge in [-0.2, -0.15) is 10.2 Å². The first-order valence-electron chi connectivity index (χ1n) is 10.1. The summed E-state index contributed by atoms with van der Waals surface area (Å²) in [5.74, 6) is 0. The van der Waals surface area contributed by atoms with Gasteiger partial charge in [-0.3, -0.25) is 0 Å². The maximum absolute atomic E-state index is 6.31. The zero-order valence-electron chi connectivity index (χ0n) is 16.6. The maximum atomic E-state index is 6.31. The summed E-state index contributed by atoms with van der Waals surface area (Å²) < 4.78 is 7.54. The lowest BCUT2D eigenvalue weighted by Crippen LogP contribution is -2.60. The Morgan fingerprint density at radius 2 is 1.77 bits per heavy atom. The molecule has 2 aliphatic rings. The number of morpholine rings is 2. The van der Waals surface area contributed by atoms with Crippen molar-refractivity contribution in [2.75, 3.05) is 36.0 Å². The number of nitrogens with zero attached hydrogens (tertiary/aromatic N) is 6. The van der Waals surface area contributed by atoms with Crippen molar-refractivity contribution in [3.63, 3.8) is 0 Å². The Morgan fingerprint density at radius 1 is 1.03 bits per heavy atom. The smallest absolute Gasteiger partial charge is 0.186 e. The van der Waals surface area contributed by atoms with Crippen LogP contribution in [-0.2, 0) is 4.74 Å². The standard InChI is InChI=1S/C22H21N6OS/c1-15-6-7-19(28-23-8-9-24-28)20(10-15)26-11-16-13-27(14-17(12-26)29-16)22-25-18-4-2-3-5-21(18)30-22/h2-6,8-10,16-17H,11-14H2,1H3. The maximum Gasteiger partial charge on any atom is 0.186 e. The number of para-hydroxylation sites is 1. The second-order valence-electron chi connectivity index (χ2n) is 7.88. The van der Waals surface area contributed by atoms with Crippen LogP contribution in [-0.4, -0.2) is 58.4 Å². The van der Waals surface area contributed by atoms with Gasteiger partial charge in [0, 0.05) is 32.2 Å². The van der Waals surface area contributed by atoms with Crippen molar-refractivity contribution in [3.8, 4) is 5.69 Å². The number of benzene rings is 2. The first-order valence-corrected chi connectivity index (χ1v) is 10.9. The summed E-state index contributed by atoms with van der Waals surface area (Å²) in [6.45, 7) is 5.43. The molecule has 2 aliphatic heterocycles. The van der Waals surface area contributed by atoms with E-state index in [1.165, 1.54) is 10.3 Å². The largest absolute Gasteiger partial charge is 0.368 e. The van der Waals surface area contributed by atoms with E-state index in [1.54, 1.807) is 28.5 Å². The highest BCUT2D eigenvalue weighted by Gasteiger charge is 2.37. The summed E-state index contributed by atoms with van der Waals surface area (Å²) >= 11 is 1.76. The van der Waals surface area contributed by atoms with E-state index in [0.717, 1.165) is 48.2 Å². The molecule has 2 aromatic heterocycles. The van der Waals surface area contributed by atoms with Gasteiger partial charge in [-0.1, -0.05) is 23.5 Å². The summed E-state index contributed by atoms with van der Waals surface area (Å²) in [6, 6.07) is 15.9. The Morgan fingerprint density at radius 3 is 2.53 bits per heavy atom. The fraction of sp³-hybridized carbons (Fsp3) is 0.318. The predicted molar refractivity (Wildman–Crippen MR) is 118 cm³/mol. The predicted octanol–water partition coefficient (Wildman–Crippen LogP) is 3.08. The van der Waals surface area contributed by atoms with Gasteiger partial charge in [-0.05, 0) is 36.8 Å². The fourth-order valence-electron chi connectivity index (χ4n) is 4.35. The normalized spacial score (nSPS) is 21.4. The third-order valence-corrected chi connectivity index (χ3v) is 6.73. The first kappa shape index (κ1) is 17.9. The lowest BCUT2D eigenvalue weighted by Gasteiger charge is -2.46. The summed E-state index contributed by atoms with van der Waals surface area (Å²) in [7, 11) is 0. The molecule has 0 saturated carbocycles. The van der Waals surface area contributed by atoms with Crippen LogP contribution in [0.5, 0.6) is 0 Å². The van der Waals surface area contributed by atoms with Gasteiger partial charge >= 0.3 is 0 Å². The number of aryl methyl sites for hydroxylation is 1. The van der Waals surface area contributed by atoms with Gasteiger partial charge in [0.05, 0.1) is 40.5 Å². The molecule has 8 heteroatoms. The van der Waals surface area contributed by atoms with Gasteiger partial charge < -0.3 is 14.5 Å². The monoisotopic (exact) mass is 417 g/mol. The number of anilines is 2. The molecule has 2 atom stereocenters. The van der Waals surface area contributed by atoms with Gasteiger partial charge in [0.15, 0.2) is 5.13 Å². The molecule has 0 amide bonds. The van der Waals surface area contributed by atoms with E-state index in [1.807, 2.05) is 12.1 Å². The number of hydrogen-bond acceptors (Lipinski definition) is 7. The van der Waals surface area contributed by atoms with Gasteiger partial charge in [0.25, 0.3) is 0 Å². The number of fused-ring (bicyclic) bond motifs is 3. The second kappa shape index (κ2) is 7.07. The van der Waals surface area contributed by atoms with E-state index < -0.39 is 0 Å². The van der Waals surface area contributed by atoms with Crippen LogP contribution < -0.4 is 9.80 Å². The number of thiazole rings is 1. The third-order valence-electron chi connectivity index (χ3n) is 5.64. The molecule has 7 nitrogen and oxygen atoms in total. The fourth-order valence-corrected chi connectivity index (χ4v) is 5.34. The molecule has 2 saturated heterocycles. The minimum Gasteiger partial charge on any atom is -0.368 e. The summed E-state index contributed by atoms with van der Waals surface area (Å²) in [5.41, 5.74) is 4.24. The van der Waals surface area contributed by atoms with Crippen molar-refractivity contribution in [1.29, 1.82) is 0 Å². The van der Waals surface area contributed by atoms with Crippen molar-refractivity contribution in [1.82, 2.24) is 20.0 Å². The molecule has 1 radical (unpaired) electrons. The Balaban J connectivity index is 1.27. The van der Waals surface area contributed by atoms with Crippen molar-refractivity contribution in [2.45, 2.75) is 19.1 Å². The quantitative estimate of drug-likeness (QED) is 0.511. The Hall–Kier alpha value is -2.97. The Labute approximate surface area is 178 Å². The van der Waals surface area contributed by atoms with Crippen molar-refractivity contribution >= 4 is 32.4 Å². The van der Waals surface area contributed by atoms with Crippen molar-refractivity contribution in [2.24, 2.45) is 0 Å². The van der Waals surface area contributed by atoms with Gasteiger partial charge in [0.1, 0.15) is 5.69 Å².